The molecule has 1 aromatic carbocycles. The van der Waals surface area contributed by atoms with Gasteiger partial charge in [0.15, 0.2) is 0 Å². The minimum absolute atomic E-state index is 0.299. The predicted octanol–water partition coefficient (Wildman–Crippen LogP) is 1.76. The first-order valence-electron chi connectivity index (χ1n) is 9.33. The van der Waals surface area contributed by atoms with Gasteiger partial charge in [-0.2, -0.15) is 4.90 Å². The third kappa shape index (κ3) is 2.73. The molecule has 156 valence electrons. The van der Waals surface area contributed by atoms with E-state index in [1.807, 2.05) is 0 Å². The molecule has 2 aromatic rings. The van der Waals surface area contributed by atoms with E-state index in [1.54, 1.807) is 42.5 Å². The lowest BCUT2D eigenvalue weighted by molar-refractivity contribution is -0.143. The summed E-state index contributed by atoms with van der Waals surface area (Å²) in [6, 6.07) is 10.4. The summed E-state index contributed by atoms with van der Waals surface area (Å²) in [7, 11) is 2.35. The molecule has 30 heavy (non-hydrogen) atoms. The molecule has 0 bridgehead atoms. The summed E-state index contributed by atoms with van der Waals surface area (Å²) in [5, 5.41) is 3.13. The molecule has 2 fully saturated rings. The number of methoxy groups -OCH3 is 2. The molecule has 3 heterocycles. The van der Waals surface area contributed by atoms with E-state index in [1.165, 1.54) is 13.4 Å². The van der Waals surface area contributed by atoms with Crippen LogP contribution in [0, 0.1) is 5.41 Å². The maximum Gasteiger partial charge on any atom is 0.423 e. The molecule has 2 aliphatic rings. The average Bonchev–Trinajstić information content (AvgIpc) is 3.45. The molecule has 2 saturated heterocycles. The highest BCUT2D eigenvalue weighted by Gasteiger charge is 2.69. The molecule has 9 nitrogen and oxygen atoms in total. The monoisotopic (exact) mass is 412 g/mol. The van der Waals surface area contributed by atoms with Crippen LogP contribution in [0.15, 0.2) is 53.1 Å². The number of nitrogens with zero attached hydrogens (tertiary/aromatic N) is 1. The molecule has 4 rings (SSSR count). The van der Waals surface area contributed by atoms with E-state index in [2.05, 4.69) is 10.1 Å². The molecule has 0 saturated carbocycles. The van der Waals surface area contributed by atoms with Crippen LogP contribution >= 0.6 is 0 Å². The third-order valence-electron chi connectivity index (χ3n) is 5.84. The van der Waals surface area contributed by atoms with Crippen molar-refractivity contribution in [2.75, 3.05) is 14.2 Å². The molecule has 1 N–H and O–H groups in total. The van der Waals surface area contributed by atoms with Gasteiger partial charge in [-0.15, -0.1) is 0 Å². The molecule has 1 spiro atoms. The number of benzene rings is 1. The quantitative estimate of drug-likeness (QED) is 0.599. The van der Waals surface area contributed by atoms with Crippen LogP contribution < -0.4 is 5.32 Å². The van der Waals surface area contributed by atoms with Crippen molar-refractivity contribution in [3.8, 4) is 0 Å². The zero-order chi connectivity index (χ0) is 21.5. The standard InChI is InChI=1S/C21H20N2O7/c1-28-18(25)16-15(12-7-4-3-5-8-12)21(17(22-16)13-9-6-10-30-13)11-14(24)23(19(21)26)20(27)29-2/h3-10,15-17,22H,11H2,1-2H3/t15-,16+,17+,21+/m0/s1. The zero-order valence-corrected chi connectivity index (χ0v) is 16.4. The van der Waals surface area contributed by atoms with Crippen molar-refractivity contribution in [3.05, 3.63) is 60.1 Å². The smallest absolute Gasteiger partial charge is 0.423 e. The van der Waals surface area contributed by atoms with Gasteiger partial charge in [0, 0.05) is 12.3 Å². The highest BCUT2D eigenvalue weighted by Crippen LogP contribution is 2.59. The fraction of sp³-hybridized carbons (Fsp3) is 0.333. The Morgan fingerprint density at radius 1 is 1.10 bits per heavy atom. The lowest BCUT2D eigenvalue weighted by Gasteiger charge is -2.33. The fourth-order valence-electron chi connectivity index (χ4n) is 4.65. The van der Waals surface area contributed by atoms with Gasteiger partial charge in [-0.3, -0.25) is 19.7 Å². The van der Waals surface area contributed by atoms with Crippen LogP contribution in [0.4, 0.5) is 4.79 Å². The summed E-state index contributed by atoms with van der Waals surface area (Å²) in [5.74, 6) is -2.44. The van der Waals surface area contributed by atoms with Crippen LogP contribution in [0.25, 0.3) is 0 Å². The van der Waals surface area contributed by atoms with Crippen LogP contribution in [0.3, 0.4) is 0 Å². The van der Waals surface area contributed by atoms with Gasteiger partial charge in [-0.25, -0.2) is 4.79 Å². The Morgan fingerprint density at radius 2 is 1.83 bits per heavy atom. The number of likely N-dealkylation sites (tertiary alicyclic amines) is 1. The van der Waals surface area contributed by atoms with Gasteiger partial charge in [-0.1, -0.05) is 30.3 Å². The number of hydrogen-bond donors (Lipinski definition) is 1. The molecule has 0 aliphatic carbocycles. The first kappa shape index (κ1) is 19.8. The highest BCUT2D eigenvalue weighted by molar-refractivity contribution is 6.17. The highest BCUT2D eigenvalue weighted by atomic mass is 16.5. The van der Waals surface area contributed by atoms with E-state index in [4.69, 9.17) is 9.15 Å². The summed E-state index contributed by atoms with van der Waals surface area (Å²) in [6.45, 7) is 0. The van der Waals surface area contributed by atoms with Gasteiger partial charge in [0.05, 0.1) is 31.9 Å². The zero-order valence-electron chi connectivity index (χ0n) is 16.4. The molecule has 3 amide bonds. The first-order valence-corrected chi connectivity index (χ1v) is 9.33. The molecule has 9 heteroatoms. The fourth-order valence-corrected chi connectivity index (χ4v) is 4.65. The second kappa shape index (κ2) is 7.42. The Bertz CT molecular complexity index is 988. The topological polar surface area (TPSA) is 115 Å². The summed E-state index contributed by atoms with van der Waals surface area (Å²) in [5.41, 5.74) is -0.828. The van der Waals surface area contributed by atoms with Crippen LogP contribution in [0.2, 0.25) is 0 Å². The summed E-state index contributed by atoms with van der Waals surface area (Å²) >= 11 is 0. The second-order valence-corrected chi connectivity index (χ2v) is 7.23. The van der Waals surface area contributed by atoms with Crippen molar-refractivity contribution in [2.24, 2.45) is 5.41 Å². The van der Waals surface area contributed by atoms with E-state index in [0.717, 1.165) is 7.11 Å². The molecular formula is C21H20N2O7. The maximum absolute atomic E-state index is 13.7. The Kier molecular flexibility index (Phi) is 4.90. The van der Waals surface area contributed by atoms with Crippen LogP contribution in [0.1, 0.15) is 29.7 Å². The van der Waals surface area contributed by atoms with Crippen molar-refractivity contribution < 1.29 is 33.1 Å². The van der Waals surface area contributed by atoms with Crippen molar-refractivity contribution in [3.63, 3.8) is 0 Å². The Hall–Kier alpha value is -3.46. The van der Waals surface area contributed by atoms with Gasteiger partial charge in [-0.05, 0) is 17.7 Å². The number of hydrogen-bond acceptors (Lipinski definition) is 8. The Morgan fingerprint density at radius 3 is 2.43 bits per heavy atom. The lowest BCUT2D eigenvalue weighted by Crippen LogP contribution is -2.44. The van der Waals surface area contributed by atoms with Crippen LogP contribution in [-0.2, 0) is 23.9 Å². The molecule has 1 aromatic heterocycles. The van der Waals surface area contributed by atoms with Gasteiger partial charge in [0.1, 0.15) is 11.8 Å². The van der Waals surface area contributed by atoms with Gasteiger partial charge < -0.3 is 13.9 Å². The normalized spacial score (nSPS) is 28.2. The molecule has 0 unspecified atom stereocenters. The number of ether oxygens (including phenoxy) is 2. The number of furan rings is 1. The predicted molar refractivity (Wildman–Crippen MR) is 101 cm³/mol. The molecular weight excluding hydrogens is 392 g/mol. The average molecular weight is 412 g/mol. The van der Waals surface area contributed by atoms with Gasteiger partial charge in [0.25, 0.3) is 0 Å². The largest absolute Gasteiger partial charge is 0.468 e. The Labute approximate surface area is 171 Å². The second-order valence-electron chi connectivity index (χ2n) is 7.23. The van der Waals surface area contributed by atoms with Crippen molar-refractivity contribution in [2.45, 2.75) is 24.4 Å². The van der Waals surface area contributed by atoms with E-state index in [9.17, 15) is 19.2 Å². The van der Waals surface area contributed by atoms with E-state index < -0.39 is 47.3 Å². The first-order chi connectivity index (χ1) is 14.5. The minimum atomic E-state index is -1.48. The van der Waals surface area contributed by atoms with Gasteiger partial charge >= 0.3 is 12.1 Å². The van der Waals surface area contributed by atoms with Crippen LogP contribution in [0.5, 0.6) is 0 Å². The summed E-state index contributed by atoms with van der Waals surface area (Å²) in [6.07, 6.45) is 0.0766. The van der Waals surface area contributed by atoms with E-state index in [0.29, 0.717) is 16.2 Å². The lowest BCUT2D eigenvalue weighted by atomic mass is 9.66. The Balaban J connectivity index is 1.94. The number of carbonyl (C=O) groups excluding carboxylic acids is 4. The number of amides is 3. The van der Waals surface area contributed by atoms with Gasteiger partial charge in [0.2, 0.25) is 11.8 Å². The van der Waals surface area contributed by atoms with Crippen molar-refractivity contribution in [1.82, 2.24) is 10.2 Å². The number of esters is 1. The van der Waals surface area contributed by atoms with E-state index in [-0.39, 0.29) is 6.42 Å². The van der Waals surface area contributed by atoms with Crippen LogP contribution in [-0.4, -0.2) is 49.0 Å². The van der Waals surface area contributed by atoms with Crippen molar-refractivity contribution >= 4 is 23.9 Å². The molecule has 4 atom stereocenters. The number of imide groups is 3. The minimum Gasteiger partial charge on any atom is -0.468 e. The van der Waals surface area contributed by atoms with Crippen molar-refractivity contribution in [1.29, 1.82) is 0 Å². The van der Waals surface area contributed by atoms with E-state index >= 15 is 0 Å². The number of nitrogens with one attached hydrogen (secondary N) is 1. The number of carbonyl (C=O) groups is 4. The number of rotatable bonds is 3. The molecule has 0 radical (unpaired) electrons. The third-order valence-corrected chi connectivity index (χ3v) is 5.84. The summed E-state index contributed by atoms with van der Waals surface area (Å²) < 4.78 is 15.2. The SMILES string of the molecule is COC(=O)[C@@H]1N[C@H](c2ccco2)[C@@]2(CC(=O)N(C(=O)OC)C2=O)[C@H]1c1ccccc1. The maximum atomic E-state index is 13.7. The summed E-state index contributed by atoms with van der Waals surface area (Å²) in [4.78, 5) is 51.9. The molecule has 2 aliphatic heterocycles.